The van der Waals surface area contributed by atoms with Gasteiger partial charge in [0, 0.05) is 19.2 Å². The minimum absolute atomic E-state index is 0.165. The van der Waals surface area contributed by atoms with E-state index >= 15 is 0 Å². The summed E-state index contributed by atoms with van der Waals surface area (Å²) in [7, 11) is 0. The van der Waals surface area contributed by atoms with Gasteiger partial charge >= 0.3 is 0 Å². The predicted octanol–water partition coefficient (Wildman–Crippen LogP) is 0.462. The summed E-state index contributed by atoms with van der Waals surface area (Å²) in [6.45, 7) is 3.03. The van der Waals surface area contributed by atoms with Gasteiger partial charge in [0.05, 0.1) is 0 Å². The van der Waals surface area contributed by atoms with Crippen LogP contribution in [0.15, 0.2) is 6.07 Å². The quantitative estimate of drug-likeness (QED) is 0.560. The van der Waals surface area contributed by atoms with E-state index in [2.05, 4.69) is 22.2 Å². The molecule has 6 nitrogen and oxygen atoms in total. The van der Waals surface area contributed by atoms with Crippen LogP contribution in [-0.4, -0.2) is 28.2 Å². The van der Waals surface area contributed by atoms with Crippen LogP contribution in [0, 0.1) is 5.92 Å². The Morgan fingerprint density at radius 1 is 1.44 bits per heavy atom. The van der Waals surface area contributed by atoms with E-state index in [1.54, 1.807) is 6.07 Å². The summed E-state index contributed by atoms with van der Waals surface area (Å²) in [5.74, 6) is 1.56. The minimum Gasteiger partial charge on any atom is -0.396 e. The van der Waals surface area contributed by atoms with Gasteiger partial charge in [0.1, 0.15) is 11.6 Å². The minimum atomic E-state index is 0.165. The molecule has 0 saturated carbocycles. The molecule has 0 saturated heterocycles. The fraction of sp³-hybridized carbons (Fsp3) is 0.600. The van der Waals surface area contributed by atoms with Gasteiger partial charge in [0.15, 0.2) is 0 Å². The molecule has 0 radical (unpaired) electrons. The molecule has 16 heavy (non-hydrogen) atoms. The van der Waals surface area contributed by atoms with Crippen LogP contribution < -0.4 is 16.8 Å². The third kappa shape index (κ3) is 3.90. The molecule has 90 valence electrons. The van der Waals surface area contributed by atoms with Gasteiger partial charge in [-0.05, 0) is 12.3 Å². The van der Waals surface area contributed by atoms with Gasteiger partial charge in [-0.1, -0.05) is 13.3 Å². The van der Waals surface area contributed by atoms with Crippen LogP contribution in [0.5, 0.6) is 0 Å². The summed E-state index contributed by atoms with van der Waals surface area (Å²) in [6.07, 6.45) is 1.78. The first-order valence-corrected chi connectivity index (χ1v) is 5.40. The van der Waals surface area contributed by atoms with Crippen LogP contribution in [0.25, 0.3) is 0 Å². The summed E-state index contributed by atoms with van der Waals surface area (Å²) < 4.78 is 0. The number of nitrogen functional groups attached to an aromatic ring is 2. The van der Waals surface area contributed by atoms with E-state index in [0.717, 1.165) is 19.4 Å². The van der Waals surface area contributed by atoms with E-state index in [-0.39, 0.29) is 12.6 Å². The Labute approximate surface area is 95.1 Å². The number of aliphatic hydroxyl groups excluding tert-OH is 1. The Hall–Kier alpha value is -1.56. The Kier molecular flexibility index (Phi) is 4.78. The number of hydrogen-bond donors (Lipinski definition) is 4. The zero-order valence-electron chi connectivity index (χ0n) is 9.48. The van der Waals surface area contributed by atoms with Crippen molar-refractivity contribution >= 4 is 17.6 Å². The second-order valence-electron chi connectivity index (χ2n) is 3.70. The normalized spacial score (nSPS) is 12.4. The maximum atomic E-state index is 8.86. The average Bonchev–Trinajstić information content (AvgIpc) is 2.23. The van der Waals surface area contributed by atoms with E-state index in [4.69, 9.17) is 16.6 Å². The molecule has 1 aromatic rings. The Morgan fingerprint density at radius 2 is 2.19 bits per heavy atom. The molecule has 0 fully saturated rings. The van der Waals surface area contributed by atoms with Gasteiger partial charge in [-0.2, -0.15) is 9.97 Å². The van der Waals surface area contributed by atoms with E-state index in [1.807, 2.05) is 0 Å². The summed E-state index contributed by atoms with van der Waals surface area (Å²) in [5, 5.41) is 12.0. The second kappa shape index (κ2) is 6.12. The van der Waals surface area contributed by atoms with Crippen molar-refractivity contribution in [3.8, 4) is 0 Å². The number of nitrogens with two attached hydrogens (primary N) is 2. The SMILES string of the molecule is CCC(CCO)CNc1cc(N)nc(N)n1. The molecule has 0 aromatic carbocycles. The fourth-order valence-electron chi connectivity index (χ4n) is 1.46. The maximum Gasteiger partial charge on any atom is 0.223 e. The highest BCUT2D eigenvalue weighted by Gasteiger charge is 2.06. The Morgan fingerprint density at radius 3 is 2.75 bits per heavy atom. The molecule has 1 atom stereocenters. The zero-order chi connectivity index (χ0) is 12.0. The van der Waals surface area contributed by atoms with Gasteiger partial charge in [0.2, 0.25) is 5.95 Å². The first-order valence-electron chi connectivity index (χ1n) is 5.40. The van der Waals surface area contributed by atoms with E-state index in [0.29, 0.717) is 17.6 Å². The molecule has 1 heterocycles. The topological polar surface area (TPSA) is 110 Å². The van der Waals surface area contributed by atoms with Gasteiger partial charge in [-0.25, -0.2) is 0 Å². The molecular formula is C10H19N5O. The number of nitrogens with zero attached hydrogens (tertiary/aromatic N) is 2. The standard InChI is InChI=1S/C10H19N5O/c1-2-7(3-4-16)6-13-9-5-8(11)14-10(12)15-9/h5,7,16H,2-4,6H2,1H3,(H5,11,12,13,14,15). The molecule has 0 aliphatic carbocycles. The summed E-state index contributed by atoms with van der Waals surface area (Å²) >= 11 is 0. The molecule has 0 bridgehead atoms. The van der Waals surface area contributed by atoms with Crippen LogP contribution in [-0.2, 0) is 0 Å². The molecular weight excluding hydrogens is 206 g/mol. The third-order valence-corrected chi connectivity index (χ3v) is 2.45. The largest absolute Gasteiger partial charge is 0.396 e. The van der Waals surface area contributed by atoms with Crippen LogP contribution in [0.3, 0.4) is 0 Å². The molecule has 0 spiro atoms. The molecule has 1 rings (SSSR count). The van der Waals surface area contributed by atoms with Gasteiger partial charge in [-0.3, -0.25) is 0 Å². The molecule has 6 N–H and O–H groups in total. The van der Waals surface area contributed by atoms with Crippen molar-refractivity contribution in [3.63, 3.8) is 0 Å². The average molecular weight is 225 g/mol. The maximum absolute atomic E-state index is 8.86. The highest BCUT2D eigenvalue weighted by molar-refractivity contribution is 5.48. The third-order valence-electron chi connectivity index (χ3n) is 2.45. The van der Waals surface area contributed by atoms with Gasteiger partial charge in [0.25, 0.3) is 0 Å². The smallest absolute Gasteiger partial charge is 0.223 e. The van der Waals surface area contributed by atoms with Crippen molar-refractivity contribution in [1.29, 1.82) is 0 Å². The lowest BCUT2D eigenvalue weighted by Gasteiger charge is -2.14. The van der Waals surface area contributed by atoms with Crippen molar-refractivity contribution in [3.05, 3.63) is 6.07 Å². The highest BCUT2D eigenvalue weighted by Crippen LogP contribution is 2.12. The lowest BCUT2D eigenvalue weighted by molar-refractivity contribution is 0.258. The first-order chi connectivity index (χ1) is 7.65. The predicted molar refractivity (Wildman–Crippen MR) is 64.8 cm³/mol. The summed E-state index contributed by atoms with van der Waals surface area (Å²) in [6, 6.07) is 1.64. The molecule has 1 aromatic heterocycles. The lowest BCUT2D eigenvalue weighted by atomic mass is 10.0. The van der Waals surface area contributed by atoms with Crippen molar-refractivity contribution < 1.29 is 5.11 Å². The highest BCUT2D eigenvalue weighted by atomic mass is 16.3. The van der Waals surface area contributed by atoms with Crippen molar-refractivity contribution in [1.82, 2.24) is 9.97 Å². The number of nitrogens with one attached hydrogen (secondary N) is 1. The van der Waals surface area contributed by atoms with E-state index < -0.39 is 0 Å². The molecule has 0 amide bonds. The van der Waals surface area contributed by atoms with E-state index in [1.165, 1.54) is 0 Å². The van der Waals surface area contributed by atoms with Gasteiger partial charge in [-0.15, -0.1) is 0 Å². The molecule has 0 aliphatic heterocycles. The van der Waals surface area contributed by atoms with Crippen LogP contribution >= 0.6 is 0 Å². The van der Waals surface area contributed by atoms with Crippen LogP contribution in [0.1, 0.15) is 19.8 Å². The lowest BCUT2D eigenvalue weighted by Crippen LogP contribution is -2.16. The first kappa shape index (κ1) is 12.5. The van der Waals surface area contributed by atoms with Crippen molar-refractivity contribution in [2.45, 2.75) is 19.8 Å². The molecule has 0 aliphatic rings. The monoisotopic (exact) mass is 225 g/mol. The van der Waals surface area contributed by atoms with Crippen LogP contribution in [0.4, 0.5) is 17.6 Å². The van der Waals surface area contributed by atoms with Crippen LogP contribution in [0.2, 0.25) is 0 Å². The number of anilines is 3. The van der Waals surface area contributed by atoms with Crippen molar-refractivity contribution in [2.75, 3.05) is 29.9 Å². The number of aliphatic hydroxyl groups is 1. The molecule has 6 heteroatoms. The number of aromatic nitrogens is 2. The van der Waals surface area contributed by atoms with Crippen molar-refractivity contribution in [2.24, 2.45) is 5.92 Å². The summed E-state index contributed by atoms with van der Waals surface area (Å²) in [4.78, 5) is 7.80. The van der Waals surface area contributed by atoms with E-state index in [9.17, 15) is 0 Å². The fourth-order valence-corrected chi connectivity index (χ4v) is 1.46. The van der Waals surface area contributed by atoms with Gasteiger partial charge < -0.3 is 21.9 Å². The second-order valence-corrected chi connectivity index (χ2v) is 3.70. The molecule has 1 unspecified atom stereocenters. The summed E-state index contributed by atoms with van der Waals surface area (Å²) in [5.41, 5.74) is 11.0. The zero-order valence-corrected chi connectivity index (χ0v) is 9.48. The Balaban J connectivity index is 2.52. The number of hydrogen-bond acceptors (Lipinski definition) is 6. The number of rotatable bonds is 6. The Bertz CT molecular complexity index is 311.